The first-order chi connectivity index (χ1) is 14.3. The quantitative estimate of drug-likeness (QED) is 0.535. The van der Waals surface area contributed by atoms with E-state index in [1.807, 2.05) is 0 Å². The smallest absolute Gasteiger partial charge is 0.159 e. The molecule has 30 heavy (non-hydrogen) atoms. The molecule has 5 rings (SSSR count). The van der Waals surface area contributed by atoms with Crippen LogP contribution < -0.4 is 0 Å². The standard InChI is InChI=1S/C25H26N4O/c1-15-5-6-16(2)19(11-15)21-9-10-23-28-20-8-7-17(12-22(20)29(21)23)18-13-26-24(27-14-18)25(3,4)30/h5-8,11-14,21,30H,9-10H2,1-4H3/t21-/m0/s1. The third-order valence-corrected chi connectivity index (χ3v) is 6.04. The number of hydrogen-bond donors (Lipinski definition) is 1. The van der Waals surface area contributed by atoms with Gasteiger partial charge in [0.1, 0.15) is 11.4 Å². The van der Waals surface area contributed by atoms with Crippen molar-refractivity contribution in [3.63, 3.8) is 0 Å². The van der Waals surface area contributed by atoms with E-state index in [1.165, 1.54) is 16.7 Å². The summed E-state index contributed by atoms with van der Waals surface area (Å²) >= 11 is 0. The van der Waals surface area contributed by atoms with Crippen LogP contribution in [0.4, 0.5) is 0 Å². The van der Waals surface area contributed by atoms with E-state index in [0.29, 0.717) is 11.9 Å². The fourth-order valence-corrected chi connectivity index (χ4v) is 4.45. The van der Waals surface area contributed by atoms with Gasteiger partial charge in [0, 0.05) is 24.4 Å². The molecule has 1 N–H and O–H groups in total. The maximum atomic E-state index is 10.1. The normalized spacial score (nSPS) is 16.2. The average molecular weight is 399 g/mol. The van der Waals surface area contributed by atoms with Gasteiger partial charge in [-0.2, -0.15) is 0 Å². The first-order valence-electron chi connectivity index (χ1n) is 10.4. The summed E-state index contributed by atoms with van der Waals surface area (Å²) in [5.41, 5.74) is 7.12. The van der Waals surface area contributed by atoms with E-state index >= 15 is 0 Å². The van der Waals surface area contributed by atoms with Gasteiger partial charge in [-0.25, -0.2) is 15.0 Å². The second kappa shape index (κ2) is 6.74. The topological polar surface area (TPSA) is 63.8 Å². The minimum absolute atomic E-state index is 0.314. The van der Waals surface area contributed by atoms with Crippen LogP contribution in [0, 0.1) is 13.8 Å². The van der Waals surface area contributed by atoms with Crippen molar-refractivity contribution in [3.05, 3.63) is 77.1 Å². The van der Waals surface area contributed by atoms with Crippen molar-refractivity contribution in [2.75, 3.05) is 0 Å². The van der Waals surface area contributed by atoms with E-state index in [4.69, 9.17) is 4.98 Å². The molecule has 1 aliphatic heterocycles. The summed E-state index contributed by atoms with van der Waals surface area (Å²) in [5, 5.41) is 10.1. The van der Waals surface area contributed by atoms with Crippen LogP contribution in [-0.4, -0.2) is 24.6 Å². The number of benzene rings is 2. The number of aliphatic hydroxyl groups is 1. The molecule has 0 saturated heterocycles. The molecule has 3 heterocycles. The predicted molar refractivity (Wildman–Crippen MR) is 118 cm³/mol. The van der Waals surface area contributed by atoms with Crippen LogP contribution in [0.25, 0.3) is 22.2 Å². The van der Waals surface area contributed by atoms with Gasteiger partial charge >= 0.3 is 0 Å². The molecule has 2 aromatic heterocycles. The van der Waals surface area contributed by atoms with Crippen LogP contribution in [0.15, 0.2) is 48.8 Å². The maximum Gasteiger partial charge on any atom is 0.159 e. The summed E-state index contributed by atoms with van der Waals surface area (Å²) < 4.78 is 2.41. The maximum absolute atomic E-state index is 10.1. The van der Waals surface area contributed by atoms with E-state index in [-0.39, 0.29) is 0 Å². The summed E-state index contributed by atoms with van der Waals surface area (Å²) in [5.74, 6) is 1.58. The van der Waals surface area contributed by atoms with Crippen molar-refractivity contribution in [1.29, 1.82) is 0 Å². The van der Waals surface area contributed by atoms with Crippen LogP contribution in [0.5, 0.6) is 0 Å². The van der Waals surface area contributed by atoms with E-state index < -0.39 is 5.60 Å². The average Bonchev–Trinajstić information content (AvgIpc) is 3.28. The Morgan fingerprint density at radius 2 is 1.77 bits per heavy atom. The van der Waals surface area contributed by atoms with E-state index in [0.717, 1.165) is 40.8 Å². The molecular weight excluding hydrogens is 372 g/mol. The Morgan fingerprint density at radius 3 is 2.50 bits per heavy atom. The molecule has 1 atom stereocenters. The van der Waals surface area contributed by atoms with Crippen molar-refractivity contribution in [3.8, 4) is 11.1 Å². The van der Waals surface area contributed by atoms with Crippen molar-refractivity contribution in [2.24, 2.45) is 0 Å². The molecule has 1 aliphatic rings. The minimum Gasteiger partial charge on any atom is -0.382 e. The molecule has 5 nitrogen and oxygen atoms in total. The minimum atomic E-state index is -1.05. The number of imidazole rings is 1. The number of fused-ring (bicyclic) bond motifs is 3. The molecule has 152 valence electrons. The van der Waals surface area contributed by atoms with Gasteiger partial charge in [0.15, 0.2) is 5.82 Å². The monoisotopic (exact) mass is 398 g/mol. The first kappa shape index (κ1) is 18.9. The van der Waals surface area contributed by atoms with Crippen molar-refractivity contribution in [1.82, 2.24) is 19.5 Å². The Morgan fingerprint density at radius 1 is 1.00 bits per heavy atom. The lowest BCUT2D eigenvalue weighted by Gasteiger charge is -2.18. The third-order valence-electron chi connectivity index (χ3n) is 6.04. The van der Waals surface area contributed by atoms with E-state index in [1.54, 1.807) is 26.2 Å². The van der Waals surface area contributed by atoms with E-state index in [2.05, 4.69) is 64.8 Å². The van der Waals surface area contributed by atoms with Gasteiger partial charge < -0.3 is 9.67 Å². The molecule has 5 heteroatoms. The Kier molecular flexibility index (Phi) is 4.26. The highest BCUT2D eigenvalue weighted by Crippen LogP contribution is 2.38. The second-order valence-corrected chi connectivity index (χ2v) is 8.87. The number of nitrogens with zero attached hydrogens (tertiary/aromatic N) is 4. The molecule has 2 aromatic carbocycles. The van der Waals surface area contributed by atoms with Crippen LogP contribution in [-0.2, 0) is 12.0 Å². The Labute approximate surface area is 176 Å². The van der Waals surface area contributed by atoms with Crippen molar-refractivity contribution >= 4 is 11.0 Å². The van der Waals surface area contributed by atoms with Crippen LogP contribution in [0.3, 0.4) is 0 Å². The lowest BCUT2D eigenvalue weighted by Crippen LogP contribution is -2.19. The van der Waals surface area contributed by atoms with Gasteiger partial charge in [-0.1, -0.05) is 29.8 Å². The van der Waals surface area contributed by atoms with Gasteiger partial charge in [-0.05, 0) is 62.9 Å². The largest absolute Gasteiger partial charge is 0.382 e. The summed E-state index contributed by atoms with van der Waals surface area (Å²) in [6.45, 7) is 7.73. The lowest BCUT2D eigenvalue weighted by molar-refractivity contribution is 0.0687. The van der Waals surface area contributed by atoms with Gasteiger partial charge in [0.05, 0.1) is 17.1 Å². The SMILES string of the molecule is Cc1ccc(C)c([C@@H]2CCc3nc4ccc(-c5cnc(C(C)(C)O)nc5)cc4n32)c1. The highest BCUT2D eigenvalue weighted by molar-refractivity contribution is 5.83. The zero-order valence-electron chi connectivity index (χ0n) is 17.8. The Bertz CT molecular complexity index is 1250. The zero-order chi connectivity index (χ0) is 21.0. The van der Waals surface area contributed by atoms with Gasteiger partial charge in [0.2, 0.25) is 0 Å². The molecule has 0 spiro atoms. The molecule has 0 amide bonds. The highest BCUT2D eigenvalue weighted by atomic mass is 16.3. The fourth-order valence-electron chi connectivity index (χ4n) is 4.45. The summed E-state index contributed by atoms with van der Waals surface area (Å²) in [6, 6.07) is 13.4. The zero-order valence-corrected chi connectivity index (χ0v) is 17.8. The number of aryl methyl sites for hydroxylation is 3. The molecule has 0 radical (unpaired) electrons. The second-order valence-electron chi connectivity index (χ2n) is 8.87. The van der Waals surface area contributed by atoms with Crippen molar-refractivity contribution < 1.29 is 5.11 Å². The molecule has 0 aliphatic carbocycles. The predicted octanol–water partition coefficient (Wildman–Crippen LogP) is 4.87. The van der Waals surface area contributed by atoms with Crippen LogP contribution in [0.1, 0.15) is 54.6 Å². The Hall–Kier alpha value is -3.05. The molecule has 0 saturated carbocycles. The lowest BCUT2D eigenvalue weighted by atomic mass is 9.97. The fraction of sp³-hybridized carbons (Fsp3) is 0.320. The molecule has 0 bridgehead atoms. The molecule has 0 fully saturated rings. The van der Waals surface area contributed by atoms with E-state index in [9.17, 15) is 5.11 Å². The molecular formula is C25H26N4O. The summed E-state index contributed by atoms with van der Waals surface area (Å²) in [4.78, 5) is 13.6. The van der Waals surface area contributed by atoms with Crippen LogP contribution in [0.2, 0.25) is 0 Å². The van der Waals surface area contributed by atoms with Gasteiger partial charge in [0.25, 0.3) is 0 Å². The molecule has 4 aromatic rings. The van der Waals surface area contributed by atoms with Gasteiger partial charge in [-0.3, -0.25) is 0 Å². The van der Waals surface area contributed by atoms with Crippen LogP contribution >= 0.6 is 0 Å². The number of rotatable bonds is 3. The first-order valence-corrected chi connectivity index (χ1v) is 10.4. The third kappa shape index (κ3) is 3.10. The highest BCUT2D eigenvalue weighted by Gasteiger charge is 2.28. The number of hydrogen-bond acceptors (Lipinski definition) is 4. The van der Waals surface area contributed by atoms with Crippen molar-refractivity contribution in [2.45, 2.75) is 52.2 Å². The summed E-state index contributed by atoms with van der Waals surface area (Å²) in [7, 11) is 0. The molecule has 0 unspecified atom stereocenters. The Balaban J connectivity index is 1.60. The van der Waals surface area contributed by atoms with Gasteiger partial charge in [-0.15, -0.1) is 0 Å². The number of aromatic nitrogens is 4. The summed E-state index contributed by atoms with van der Waals surface area (Å²) in [6.07, 6.45) is 5.64.